The second-order valence-corrected chi connectivity index (χ2v) is 8.43. The van der Waals surface area contributed by atoms with E-state index in [-0.39, 0.29) is 24.7 Å². The molecule has 0 radical (unpaired) electrons. The molecule has 1 aromatic heterocycles. The van der Waals surface area contributed by atoms with Crippen molar-refractivity contribution in [3.8, 4) is 5.75 Å². The van der Waals surface area contributed by atoms with Crippen LogP contribution < -0.4 is 10.5 Å². The molecular weight excluding hydrogens is 440 g/mol. The van der Waals surface area contributed by atoms with Crippen LogP contribution in [-0.2, 0) is 11.3 Å². The van der Waals surface area contributed by atoms with Gasteiger partial charge in [-0.3, -0.25) is 9.59 Å². The van der Waals surface area contributed by atoms with Crippen LogP contribution in [0.15, 0.2) is 53.2 Å². The Balaban J connectivity index is 1.85. The molecule has 0 unspecified atom stereocenters. The molecule has 0 aliphatic rings. The summed E-state index contributed by atoms with van der Waals surface area (Å²) >= 11 is 1.00. The van der Waals surface area contributed by atoms with E-state index in [1.165, 1.54) is 4.90 Å². The SMILES string of the molecule is COc1ccc2cc(C(=O)SC(CCO)=C(C)N(C=O)Cc3cnc(C)nc3N)ccc2c1. The van der Waals surface area contributed by atoms with Crippen molar-refractivity contribution in [3.63, 3.8) is 0 Å². The predicted molar refractivity (Wildman–Crippen MR) is 130 cm³/mol. The van der Waals surface area contributed by atoms with Gasteiger partial charge in [0.25, 0.3) is 0 Å². The number of aryl methyl sites for hydroxylation is 1. The van der Waals surface area contributed by atoms with Gasteiger partial charge in [-0.2, -0.15) is 0 Å². The molecule has 0 saturated heterocycles. The van der Waals surface area contributed by atoms with Gasteiger partial charge in [0.1, 0.15) is 17.4 Å². The van der Waals surface area contributed by atoms with Gasteiger partial charge in [-0.15, -0.1) is 0 Å². The van der Waals surface area contributed by atoms with Gasteiger partial charge in [-0.1, -0.05) is 12.1 Å². The first-order valence-electron chi connectivity index (χ1n) is 10.3. The molecule has 8 nitrogen and oxygen atoms in total. The lowest BCUT2D eigenvalue weighted by Crippen LogP contribution is -2.22. The number of nitrogens with zero attached hydrogens (tertiary/aromatic N) is 3. The highest BCUT2D eigenvalue weighted by Gasteiger charge is 2.18. The van der Waals surface area contributed by atoms with Crippen LogP contribution in [0.2, 0.25) is 0 Å². The number of aliphatic hydroxyl groups is 1. The average molecular weight is 467 g/mol. The van der Waals surface area contributed by atoms with Gasteiger partial charge in [0, 0.05) is 41.0 Å². The van der Waals surface area contributed by atoms with Gasteiger partial charge in [-0.25, -0.2) is 9.97 Å². The van der Waals surface area contributed by atoms with Crippen LogP contribution in [0.5, 0.6) is 5.75 Å². The summed E-state index contributed by atoms with van der Waals surface area (Å²) in [5.74, 6) is 1.58. The lowest BCUT2D eigenvalue weighted by atomic mass is 10.1. The van der Waals surface area contributed by atoms with E-state index in [1.807, 2.05) is 30.3 Å². The maximum Gasteiger partial charge on any atom is 0.223 e. The first-order valence-corrected chi connectivity index (χ1v) is 11.1. The molecule has 0 bridgehead atoms. The molecule has 0 fully saturated rings. The monoisotopic (exact) mass is 466 g/mol. The van der Waals surface area contributed by atoms with Crippen LogP contribution in [0.25, 0.3) is 10.8 Å². The number of carbonyl (C=O) groups is 2. The molecule has 0 aliphatic heterocycles. The Labute approximate surface area is 196 Å². The topological polar surface area (TPSA) is 119 Å². The van der Waals surface area contributed by atoms with Gasteiger partial charge in [0.05, 0.1) is 13.7 Å². The van der Waals surface area contributed by atoms with Crippen molar-refractivity contribution in [2.75, 3.05) is 19.5 Å². The van der Waals surface area contributed by atoms with E-state index in [4.69, 9.17) is 10.5 Å². The molecular formula is C24H26N4O4S. The summed E-state index contributed by atoms with van der Waals surface area (Å²) in [6, 6.07) is 11.1. The van der Waals surface area contributed by atoms with Crippen molar-refractivity contribution in [2.24, 2.45) is 0 Å². The lowest BCUT2D eigenvalue weighted by Gasteiger charge is -2.22. The molecule has 172 valence electrons. The number of rotatable bonds is 9. The molecule has 3 aromatic rings. The fourth-order valence-corrected chi connectivity index (χ4v) is 4.20. The maximum absolute atomic E-state index is 13.0. The standard InChI is InChI=1S/C24H26N4O4S/c1-15(28(14-30)13-20-12-26-16(2)27-23(20)25)22(8-9-29)33-24(31)19-5-4-18-11-21(32-3)7-6-17(18)10-19/h4-7,10-12,14,29H,8-9,13H2,1-3H3,(H2,25,26,27). The highest BCUT2D eigenvalue weighted by atomic mass is 32.2. The number of hydrogen-bond donors (Lipinski definition) is 2. The number of carbonyl (C=O) groups excluding carboxylic acids is 2. The van der Waals surface area contributed by atoms with E-state index in [1.54, 1.807) is 33.2 Å². The van der Waals surface area contributed by atoms with E-state index in [2.05, 4.69) is 9.97 Å². The summed E-state index contributed by atoms with van der Waals surface area (Å²) in [5.41, 5.74) is 7.64. The van der Waals surface area contributed by atoms with Crippen LogP contribution >= 0.6 is 11.8 Å². The zero-order chi connectivity index (χ0) is 24.0. The lowest BCUT2D eigenvalue weighted by molar-refractivity contribution is -0.116. The molecule has 3 rings (SSSR count). The zero-order valence-corrected chi connectivity index (χ0v) is 19.6. The first-order chi connectivity index (χ1) is 15.9. The third-order valence-electron chi connectivity index (χ3n) is 5.16. The van der Waals surface area contributed by atoms with Gasteiger partial charge < -0.3 is 20.5 Å². The number of methoxy groups -OCH3 is 1. The summed E-state index contributed by atoms with van der Waals surface area (Å²) in [6.07, 6.45) is 2.48. The summed E-state index contributed by atoms with van der Waals surface area (Å²) in [5, 5.41) is 11.3. The van der Waals surface area contributed by atoms with E-state index >= 15 is 0 Å². The number of amides is 1. The van der Waals surface area contributed by atoms with E-state index in [9.17, 15) is 14.7 Å². The maximum atomic E-state index is 13.0. The van der Waals surface area contributed by atoms with Gasteiger partial charge in [0.2, 0.25) is 11.5 Å². The number of ether oxygens (including phenoxy) is 1. The minimum atomic E-state index is -0.181. The normalized spacial score (nSPS) is 11.8. The van der Waals surface area contributed by atoms with Crippen LogP contribution in [0.1, 0.15) is 35.1 Å². The smallest absolute Gasteiger partial charge is 0.223 e. The largest absolute Gasteiger partial charge is 0.497 e. The van der Waals surface area contributed by atoms with Crippen molar-refractivity contribution >= 4 is 39.9 Å². The van der Waals surface area contributed by atoms with Gasteiger partial charge >= 0.3 is 0 Å². The van der Waals surface area contributed by atoms with Crippen molar-refractivity contribution < 1.29 is 19.4 Å². The fourth-order valence-electron chi connectivity index (χ4n) is 3.27. The number of anilines is 1. The molecule has 1 heterocycles. The van der Waals surface area contributed by atoms with Crippen molar-refractivity contribution in [3.05, 3.63) is 70.1 Å². The molecule has 0 saturated carbocycles. The minimum Gasteiger partial charge on any atom is -0.497 e. The molecule has 33 heavy (non-hydrogen) atoms. The Morgan fingerprint density at radius 2 is 1.97 bits per heavy atom. The third-order valence-corrected chi connectivity index (χ3v) is 6.33. The summed E-state index contributed by atoms with van der Waals surface area (Å²) in [7, 11) is 1.61. The fraction of sp³-hybridized carbons (Fsp3) is 0.250. The Morgan fingerprint density at radius 3 is 2.64 bits per heavy atom. The first kappa shape index (κ1) is 24.2. The zero-order valence-electron chi connectivity index (χ0n) is 18.7. The van der Waals surface area contributed by atoms with Crippen LogP contribution in [0.3, 0.4) is 0 Å². The molecule has 0 aliphatic carbocycles. The average Bonchev–Trinajstić information content (AvgIpc) is 2.82. The predicted octanol–water partition coefficient (Wildman–Crippen LogP) is 3.67. The third kappa shape index (κ3) is 5.88. The second kappa shape index (κ2) is 10.9. The number of fused-ring (bicyclic) bond motifs is 1. The quantitative estimate of drug-likeness (QED) is 0.459. The summed E-state index contributed by atoms with van der Waals surface area (Å²) in [4.78, 5) is 35.2. The van der Waals surface area contributed by atoms with Crippen LogP contribution in [0.4, 0.5) is 5.82 Å². The number of thioether (sulfide) groups is 1. The summed E-state index contributed by atoms with van der Waals surface area (Å²) in [6.45, 7) is 3.46. The molecule has 3 N–H and O–H groups in total. The molecule has 9 heteroatoms. The van der Waals surface area contributed by atoms with Crippen molar-refractivity contribution in [2.45, 2.75) is 26.8 Å². The Kier molecular flexibility index (Phi) is 8.02. The number of aromatic nitrogens is 2. The van der Waals surface area contributed by atoms with E-state index in [0.29, 0.717) is 39.8 Å². The molecule has 1 amide bonds. The highest BCUT2D eigenvalue weighted by Crippen LogP contribution is 2.31. The van der Waals surface area contributed by atoms with E-state index in [0.717, 1.165) is 28.3 Å². The highest BCUT2D eigenvalue weighted by molar-refractivity contribution is 8.17. The Hall–Kier alpha value is -3.43. The summed E-state index contributed by atoms with van der Waals surface area (Å²) < 4.78 is 5.24. The van der Waals surface area contributed by atoms with Crippen LogP contribution in [-0.4, -0.2) is 45.2 Å². The minimum absolute atomic E-state index is 0.156. The number of allylic oxidation sites excluding steroid dienone is 1. The number of nitrogens with two attached hydrogens (primary N) is 1. The van der Waals surface area contributed by atoms with E-state index < -0.39 is 0 Å². The number of hydrogen-bond acceptors (Lipinski definition) is 8. The molecule has 0 spiro atoms. The van der Waals surface area contributed by atoms with Gasteiger partial charge in [0.15, 0.2) is 0 Å². The van der Waals surface area contributed by atoms with Crippen LogP contribution in [0, 0.1) is 6.92 Å². The van der Waals surface area contributed by atoms with Gasteiger partial charge in [-0.05, 0) is 60.6 Å². The van der Waals surface area contributed by atoms with Crippen molar-refractivity contribution in [1.29, 1.82) is 0 Å². The number of nitrogen functional groups attached to an aromatic ring is 1. The molecule has 2 aromatic carbocycles. The Bertz CT molecular complexity index is 1210. The molecule has 0 atom stereocenters. The number of aliphatic hydroxyl groups excluding tert-OH is 1. The Morgan fingerprint density at radius 1 is 1.24 bits per heavy atom. The second-order valence-electron chi connectivity index (χ2n) is 7.36. The number of benzene rings is 2. The van der Waals surface area contributed by atoms with Crippen molar-refractivity contribution in [1.82, 2.24) is 14.9 Å².